The number of para-hydroxylation sites is 1. The van der Waals surface area contributed by atoms with Gasteiger partial charge in [-0.05, 0) is 43.9 Å². The molecule has 6 nitrogen and oxygen atoms in total. The van der Waals surface area contributed by atoms with Crippen LogP contribution in [0.15, 0.2) is 41.7 Å². The lowest BCUT2D eigenvalue weighted by Gasteiger charge is -2.12. The number of thiophene rings is 1. The van der Waals surface area contributed by atoms with E-state index in [-0.39, 0.29) is 5.91 Å². The van der Waals surface area contributed by atoms with Gasteiger partial charge in [-0.3, -0.25) is 10.1 Å². The maximum atomic E-state index is 12.4. The van der Waals surface area contributed by atoms with E-state index in [4.69, 9.17) is 0 Å². The van der Waals surface area contributed by atoms with Gasteiger partial charge in [0.25, 0.3) is 0 Å². The molecule has 0 spiro atoms. The van der Waals surface area contributed by atoms with Gasteiger partial charge in [0.15, 0.2) is 0 Å². The van der Waals surface area contributed by atoms with Crippen LogP contribution in [0.2, 0.25) is 0 Å². The Morgan fingerprint density at radius 1 is 1.19 bits per heavy atom. The molecule has 1 unspecified atom stereocenters. The summed E-state index contributed by atoms with van der Waals surface area (Å²) in [5, 5.41) is 6.47. The highest BCUT2D eigenvalue weighted by Gasteiger charge is 2.24. The van der Waals surface area contributed by atoms with Crippen LogP contribution in [0.5, 0.6) is 0 Å². The fraction of sp³-hybridized carbons (Fsp3) is 0.263. The number of urea groups is 1. The Morgan fingerprint density at radius 3 is 2.81 bits per heavy atom. The molecule has 8 heteroatoms. The third-order valence-corrected chi connectivity index (χ3v) is 6.69. The summed E-state index contributed by atoms with van der Waals surface area (Å²) < 4.78 is 0. The second-order valence-corrected chi connectivity index (χ2v) is 8.70. The van der Waals surface area contributed by atoms with Crippen molar-refractivity contribution in [2.75, 3.05) is 5.32 Å². The molecule has 3 amide bonds. The number of nitrogens with zero attached hydrogens (tertiary/aromatic N) is 2. The Bertz CT molecular complexity index is 1000. The second-order valence-electron chi connectivity index (χ2n) is 6.29. The number of imide groups is 1. The normalized spacial score (nSPS) is 14.0. The first-order valence-electron chi connectivity index (χ1n) is 8.70. The number of benzene rings is 1. The van der Waals surface area contributed by atoms with E-state index in [9.17, 15) is 9.59 Å². The largest absolute Gasteiger partial charge is 0.325 e. The van der Waals surface area contributed by atoms with Gasteiger partial charge < -0.3 is 5.32 Å². The van der Waals surface area contributed by atoms with Gasteiger partial charge in [-0.25, -0.2) is 14.8 Å². The number of thioether (sulfide) groups is 1. The third-order valence-electron chi connectivity index (χ3n) is 4.39. The first-order valence-corrected chi connectivity index (χ1v) is 10.4. The molecule has 1 aliphatic rings. The number of aromatic nitrogens is 2. The summed E-state index contributed by atoms with van der Waals surface area (Å²) in [6, 6.07) is 8.47. The minimum absolute atomic E-state index is 0.355. The maximum Gasteiger partial charge on any atom is 0.325 e. The average molecular weight is 399 g/mol. The molecule has 3 aromatic rings. The molecule has 27 heavy (non-hydrogen) atoms. The van der Waals surface area contributed by atoms with Crippen molar-refractivity contribution in [3.63, 3.8) is 0 Å². The van der Waals surface area contributed by atoms with Crippen LogP contribution in [0, 0.1) is 0 Å². The Hall–Kier alpha value is -2.45. The summed E-state index contributed by atoms with van der Waals surface area (Å²) >= 11 is 3.08. The smallest absolute Gasteiger partial charge is 0.308 e. The highest BCUT2D eigenvalue weighted by atomic mass is 32.2. The molecular weight excluding hydrogens is 380 g/mol. The minimum Gasteiger partial charge on any atom is -0.308 e. The number of nitrogens with one attached hydrogen (secondary N) is 2. The van der Waals surface area contributed by atoms with Crippen LogP contribution in [0.1, 0.15) is 23.8 Å². The Morgan fingerprint density at radius 2 is 2.00 bits per heavy atom. The fourth-order valence-electron chi connectivity index (χ4n) is 3.11. The van der Waals surface area contributed by atoms with E-state index in [1.807, 2.05) is 18.2 Å². The summed E-state index contributed by atoms with van der Waals surface area (Å²) in [5.74, 6) is -0.355. The Labute approximate surface area is 164 Å². The number of hydrogen-bond donors (Lipinski definition) is 2. The number of amides is 3. The zero-order chi connectivity index (χ0) is 18.8. The van der Waals surface area contributed by atoms with Gasteiger partial charge in [-0.15, -0.1) is 11.3 Å². The number of aryl methyl sites for hydroxylation is 2. The summed E-state index contributed by atoms with van der Waals surface area (Å²) in [6.07, 6.45) is 4.83. The zero-order valence-electron chi connectivity index (χ0n) is 14.7. The van der Waals surface area contributed by atoms with Crippen molar-refractivity contribution in [2.45, 2.75) is 36.5 Å². The fourth-order valence-corrected chi connectivity index (χ4v) is 5.35. The molecule has 0 radical (unpaired) electrons. The summed E-state index contributed by atoms with van der Waals surface area (Å²) in [6.45, 7) is 1.77. The Balaban J connectivity index is 1.44. The zero-order valence-corrected chi connectivity index (χ0v) is 16.3. The van der Waals surface area contributed by atoms with E-state index >= 15 is 0 Å². The summed E-state index contributed by atoms with van der Waals surface area (Å²) in [5.41, 5.74) is 1.96. The van der Waals surface area contributed by atoms with Crippen LogP contribution >= 0.6 is 23.1 Å². The van der Waals surface area contributed by atoms with Gasteiger partial charge in [0.1, 0.15) is 16.2 Å². The van der Waals surface area contributed by atoms with Crippen molar-refractivity contribution in [1.29, 1.82) is 0 Å². The maximum absolute atomic E-state index is 12.4. The molecule has 4 rings (SSSR count). The van der Waals surface area contributed by atoms with Gasteiger partial charge in [0.05, 0.1) is 5.25 Å². The van der Waals surface area contributed by atoms with Gasteiger partial charge in [0.2, 0.25) is 5.91 Å². The molecule has 1 atom stereocenters. The molecule has 1 aromatic carbocycles. The molecule has 0 saturated carbocycles. The lowest BCUT2D eigenvalue weighted by molar-refractivity contribution is -0.119. The van der Waals surface area contributed by atoms with Gasteiger partial charge in [-0.2, -0.15) is 0 Å². The van der Waals surface area contributed by atoms with Gasteiger partial charge in [0, 0.05) is 16.0 Å². The number of carbonyl (C=O) groups excluding carboxylic acids is 2. The molecule has 0 bridgehead atoms. The van der Waals surface area contributed by atoms with Crippen molar-refractivity contribution < 1.29 is 9.59 Å². The first kappa shape index (κ1) is 17.9. The van der Waals surface area contributed by atoms with Crippen LogP contribution in [0.25, 0.3) is 10.2 Å². The molecule has 1 aliphatic carbocycles. The van der Waals surface area contributed by atoms with E-state index in [1.54, 1.807) is 36.7 Å². The summed E-state index contributed by atoms with van der Waals surface area (Å²) in [4.78, 5) is 35.6. The van der Waals surface area contributed by atoms with Crippen LogP contribution in [-0.2, 0) is 17.6 Å². The quantitative estimate of drug-likeness (QED) is 0.512. The highest BCUT2D eigenvalue weighted by molar-refractivity contribution is 8.00. The highest BCUT2D eigenvalue weighted by Crippen LogP contribution is 2.40. The standard InChI is InChI=1S/C19H18N4O2S2/c1-11(16(24)23-19(25)22-12-6-3-2-4-7-12)26-17-15-13-8-5-9-14(13)27-18(15)21-10-20-17/h2-4,6-7,10-11H,5,8-9H2,1H3,(H2,22,23,24,25). The summed E-state index contributed by atoms with van der Waals surface area (Å²) in [7, 11) is 0. The molecule has 0 aliphatic heterocycles. The van der Waals surface area contributed by atoms with Crippen molar-refractivity contribution in [3.05, 3.63) is 47.1 Å². The van der Waals surface area contributed by atoms with E-state index in [0.29, 0.717) is 5.69 Å². The van der Waals surface area contributed by atoms with Gasteiger partial charge in [-0.1, -0.05) is 30.0 Å². The van der Waals surface area contributed by atoms with Crippen LogP contribution < -0.4 is 10.6 Å². The number of hydrogen-bond acceptors (Lipinski definition) is 6. The second kappa shape index (κ2) is 7.66. The van der Waals surface area contributed by atoms with Gasteiger partial charge >= 0.3 is 6.03 Å². The lowest BCUT2D eigenvalue weighted by atomic mass is 10.2. The Kier molecular flexibility index (Phi) is 5.09. The molecule has 2 aromatic heterocycles. The van der Waals surface area contributed by atoms with Crippen molar-refractivity contribution in [1.82, 2.24) is 15.3 Å². The number of anilines is 1. The van der Waals surface area contributed by atoms with Crippen molar-refractivity contribution >= 4 is 50.9 Å². The molecule has 0 fully saturated rings. The van der Waals surface area contributed by atoms with Crippen molar-refractivity contribution in [2.24, 2.45) is 0 Å². The topological polar surface area (TPSA) is 84.0 Å². The van der Waals surface area contributed by atoms with Crippen LogP contribution in [0.3, 0.4) is 0 Å². The average Bonchev–Trinajstić information content (AvgIpc) is 3.23. The van der Waals surface area contributed by atoms with E-state index < -0.39 is 11.3 Å². The number of fused-ring (bicyclic) bond motifs is 3. The monoisotopic (exact) mass is 398 g/mol. The lowest BCUT2D eigenvalue weighted by Crippen LogP contribution is -2.38. The predicted molar refractivity (Wildman–Crippen MR) is 108 cm³/mol. The van der Waals surface area contributed by atoms with E-state index in [1.165, 1.54) is 22.2 Å². The molecule has 2 heterocycles. The third kappa shape index (κ3) is 3.81. The molecular formula is C19H18N4O2S2. The van der Waals surface area contributed by atoms with E-state index in [2.05, 4.69) is 20.6 Å². The van der Waals surface area contributed by atoms with Crippen molar-refractivity contribution in [3.8, 4) is 0 Å². The number of rotatable bonds is 4. The molecule has 138 valence electrons. The first-order chi connectivity index (χ1) is 13.1. The predicted octanol–water partition coefficient (Wildman–Crippen LogP) is 4.01. The molecule has 2 N–H and O–H groups in total. The van der Waals surface area contributed by atoms with Crippen LogP contribution in [0.4, 0.5) is 10.5 Å². The molecule has 0 saturated heterocycles. The minimum atomic E-state index is -0.539. The SMILES string of the molecule is CC(Sc1ncnc2sc3c(c12)CCC3)C(=O)NC(=O)Nc1ccccc1. The number of carbonyl (C=O) groups is 2. The van der Waals surface area contributed by atoms with Crippen LogP contribution in [-0.4, -0.2) is 27.2 Å². The van der Waals surface area contributed by atoms with E-state index in [0.717, 1.165) is 34.5 Å².